The van der Waals surface area contributed by atoms with Crippen LogP contribution in [0.5, 0.6) is 0 Å². The second kappa shape index (κ2) is 10.5. The Bertz CT molecular complexity index is 967. The summed E-state index contributed by atoms with van der Waals surface area (Å²) in [5.41, 5.74) is 3.01. The molecule has 0 aromatic rings. The summed E-state index contributed by atoms with van der Waals surface area (Å²) in [7, 11) is 0. The van der Waals surface area contributed by atoms with Crippen molar-refractivity contribution in [1.82, 2.24) is 5.43 Å². The van der Waals surface area contributed by atoms with Crippen LogP contribution in [0.2, 0.25) is 0 Å². The van der Waals surface area contributed by atoms with E-state index in [1.165, 1.54) is 0 Å². The number of nitrogens with one attached hydrogen (secondary N) is 1. The maximum atomic E-state index is 13.8. The molecule has 1 aliphatic heterocycles. The van der Waals surface area contributed by atoms with E-state index in [1.54, 1.807) is 18.2 Å². The van der Waals surface area contributed by atoms with Crippen LogP contribution in [0.4, 0.5) is 13.2 Å². The third-order valence-electron chi connectivity index (χ3n) is 6.39. The van der Waals surface area contributed by atoms with Gasteiger partial charge < -0.3 is 15.3 Å². The first-order chi connectivity index (χ1) is 15.8. The molecule has 1 heterocycles. The molecule has 3 aliphatic carbocycles. The van der Waals surface area contributed by atoms with E-state index in [2.05, 4.69) is 61.2 Å². The van der Waals surface area contributed by atoms with E-state index in [-0.39, 0.29) is 11.8 Å². The topological polar surface area (TPSA) is 53.9 Å². The number of aliphatic hydroxyl groups excluding tert-OH is 1. The minimum absolute atomic E-state index is 0.234. The van der Waals surface area contributed by atoms with Crippen LogP contribution in [0, 0.1) is 23.7 Å². The minimum atomic E-state index is -4.53. The molecule has 4 aliphatic rings. The van der Waals surface area contributed by atoms with Gasteiger partial charge in [-0.05, 0) is 36.5 Å². The molecule has 0 saturated heterocycles. The molecule has 6 atom stereocenters. The minimum Gasteiger partial charge on any atom is -0.493 e. The summed E-state index contributed by atoms with van der Waals surface area (Å²) in [6, 6.07) is -0.668. The molecule has 0 bridgehead atoms. The predicted octanol–water partition coefficient (Wildman–Crippen LogP) is 5.73. The third kappa shape index (κ3) is 5.85. The standard InChI is InChI=1S/C24H25BrF3IN2O2/c25-17-7-3-15(4-8-17)13-33-18-9-10-19(20(32)11-18)22-21(23(31-30-22)24(26,27)28)16-5-1-14(12-29)2-6-16/h1-3,5,7-11,15-16,19-22,30,32H,4,6,12-13H2. The lowest BCUT2D eigenvalue weighted by molar-refractivity contribution is -0.0636. The van der Waals surface area contributed by atoms with Crippen LogP contribution in [-0.2, 0) is 4.74 Å². The van der Waals surface area contributed by atoms with Gasteiger partial charge in [-0.2, -0.15) is 18.3 Å². The largest absolute Gasteiger partial charge is 0.493 e. The van der Waals surface area contributed by atoms with Gasteiger partial charge in [0.15, 0.2) is 0 Å². The van der Waals surface area contributed by atoms with Gasteiger partial charge in [0.2, 0.25) is 0 Å². The molecule has 0 aromatic carbocycles. The molecule has 0 fully saturated rings. The molecular formula is C24H25BrF3IN2O2. The Morgan fingerprint density at radius 1 is 1.15 bits per heavy atom. The number of hydrogen-bond donors (Lipinski definition) is 2. The number of allylic oxidation sites excluding steroid dienone is 8. The van der Waals surface area contributed by atoms with Gasteiger partial charge in [0.05, 0.1) is 18.8 Å². The van der Waals surface area contributed by atoms with E-state index in [0.717, 1.165) is 20.9 Å². The number of halogens is 5. The SMILES string of the molecule is OC1C=C(OCC2C=CC(Br)=CC2)C=CC1C1NN=C(C(F)(F)F)C1C1C=CC(CI)=CC1. The van der Waals surface area contributed by atoms with Crippen molar-refractivity contribution in [2.24, 2.45) is 28.8 Å². The van der Waals surface area contributed by atoms with Gasteiger partial charge in [-0.1, -0.05) is 81.1 Å². The summed E-state index contributed by atoms with van der Waals surface area (Å²) in [5, 5.41) is 14.5. The first kappa shape index (κ1) is 24.8. The third-order valence-corrected chi connectivity index (χ3v) is 7.86. The first-order valence-electron chi connectivity index (χ1n) is 10.8. The molecule has 0 spiro atoms. The van der Waals surface area contributed by atoms with E-state index in [1.807, 2.05) is 24.3 Å². The van der Waals surface area contributed by atoms with Crippen LogP contribution in [0.1, 0.15) is 12.8 Å². The van der Waals surface area contributed by atoms with Gasteiger partial charge in [-0.15, -0.1) is 0 Å². The Morgan fingerprint density at radius 2 is 1.97 bits per heavy atom. The predicted molar refractivity (Wildman–Crippen MR) is 135 cm³/mol. The second-order valence-electron chi connectivity index (χ2n) is 8.60. The fraction of sp³-hybridized carbons (Fsp3) is 0.458. The average molecular weight is 637 g/mol. The van der Waals surface area contributed by atoms with Crippen LogP contribution >= 0.6 is 38.5 Å². The summed E-state index contributed by atoms with van der Waals surface area (Å²) >= 11 is 5.67. The molecule has 178 valence electrons. The van der Waals surface area contributed by atoms with Crippen molar-refractivity contribution >= 4 is 44.2 Å². The molecule has 2 N–H and O–H groups in total. The number of nitrogens with zero attached hydrogens (tertiary/aromatic N) is 1. The Morgan fingerprint density at radius 3 is 2.58 bits per heavy atom. The van der Waals surface area contributed by atoms with Crippen LogP contribution in [0.15, 0.2) is 75.6 Å². The number of rotatable bonds is 6. The fourth-order valence-electron chi connectivity index (χ4n) is 4.61. The van der Waals surface area contributed by atoms with Crippen molar-refractivity contribution in [2.75, 3.05) is 11.0 Å². The molecule has 0 saturated carbocycles. The van der Waals surface area contributed by atoms with Crippen molar-refractivity contribution in [1.29, 1.82) is 0 Å². The number of aliphatic hydroxyl groups is 1. The molecule has 0 aromatic heterocycles. The van der Waals surface area contributed by atoms with Gasteiger partial charge in [0.1, 0.15) is 11.5 Å². The lowest BCUT2D eigenvalue weighted by Gasteiger charge is -2.35. The van der Waals surface area contributed by atoms with E-state index < -0.39 is 35.9 Å². The van der Waals surface area contributed by atoms with Crippen LogP contribution < -0.4 is 5.43 Å². The van der Waals surface area contributed by atoms with Gasteiger partial charge in [0.25, 0.3) is 0 Å². The summed E-state index contributed by atoms with van der Waals surface area (Å²) in [4.78, 5) is 0. The Balaban J connectivity index is 1.44. The zero-order chi connectivity index (χ0) is 23.6. The number of ether oxygens (including phenoxy) is 1. The normalized spacial score (nSPS) is 33.8. The Labute approximate surface area is 213 Å². The van der Waals surface area contributed by atoms with Crippen molar-refractivity contribution < 1.29 is 23.0 Å². The van der Waals surface area contributed by atoms with Crippen LogP contribution in [0.3, 0.4) is 0 Å². The van der Waals surface area contributed by atoms with E-state index in [0.29, 0.717) is 18.8 Å². The molecule has 33 heavy (non-hydrogen) atoms. The first-order valence-corrected chi connectivity index (χ1v) is 13.2. The maximum absolute atomic E-state index is 13.8. The fourth-order valence-corrected chi connectivity index (χ4v) is 5.52. The summed E-state index contributed by atoms with van der Waals surface area (Å²) in [6.45, 7) is 0.463. The van der Waals surface area contributed by atoms with E-state index >= 15 is 0 Å². The summed E-state index contributed by atoms with van der Waals surface area (Å²) in [5.74, 6) is -1.02. The van der Waals surface area contributed by atoms with Gasteiger partial charge in [-0.25, -0.2) is 0 Å². The van der Waals surface area contributed by atoms with Crippen LogP contribution in [-0.4, -0.2) is 40.2 Å². The molecule has 9 heteroatoms. The zero-order valence-corrected chi connectivity index (χ0v) is 21.4. The number of alkyl halides is 4. The van der Waals surface area contributed by atoms with E-state index in [9.17, 15) is 18.3 Å². The molecule has 0 amide bonds. The van der Waals surface area contributed by atoms with Crippen molar-refractivity contribution in [3.63, 3.8) is 0 Å². The molecule has 4 rings (SSSR count). The summed E-state index contributed by atoms with van der Waals surface area (Å²) < 4.78 is 49.0. The smallest absolute Gasteiger partial charge is 0.431 e. The molecule has 4 nitrogen and oxygen atoms in total. The maximum Gasteiger partial charge on any atom is 0.431 e. The van der Waals surface area contributed by atoms with Gasteiger partial charge >= 0.3 is 6.18 Å². The molecule has 6 unspecified atom stereocenters. The highest BCUT2D eigenvalue weighted by Gasteiger charge is 2.52. The number of hydrogen-bond acceptors (Lipinski definition) is 4. The molecule has 0 radical (unpaired) electrons. The Kier molecular flexibility index (Phi) is 7.90. The van der Waals surface area contributed by atoms with Gasteiger partial charge in [-0.3, -0.25) is 0 Å². The highest BCUT2D eigenvalue weighted by molar-refractivity contribution is 14.1. The van der Waals surface area contributed by atoms with Crippen molar-refractivity contribution in [3.05, 3.63) is 70.5 Å². The molecular weight excluding hydrogens is 612 g/mol. The highest BCUT2D eigenvalue weighted by Crippen LogP contribution is 2.40. The monoisotopic (exact) mass is 636 g/mol. The van der Waals surface area contributed by atoms with Crippen LogP contribution in [0.25, 0.3) is 0 Å². The average Bonchev–Trinajstić information content (AvgIpc) is 3.24. The Hall–Kier alpha value is -1.33. The lowest BCUT2D eigenvalue weighted by Crippen LogP contribution is -2.47. The highest BCUT2D eigenvalue weighted by atomic mass is 127. The number of hydrazone groups is 1. The van der Waals surface area contributed by atoms with Gasteiger partial charge in [0, 0.05) is 26.7 Å². The van der Waals surface area contributed by atoms with E-state index in [4.69, 9.17) is 4.74 Å². The quantitative estimate of drug-likeness (QED) is 0.289. The van der Waals surface area contributed by atoms with Crippen molar-refractivity contribution in [3.8, 4) is 0 Å². The summed E-state index contributed by atoms with van der Waals surface area (Å²) in [6.07, 6.45) is 12.8. The second-order valence-corrected chi connectivity index (χ2v) is 10.3. The van der Waals surface area contributed by atoms with Crippen molar-refractivity contribution in [2.45, 2.75) is 31.2 Å². The lowest BCUT2D eigenvalue weighted by atomic mass is 9.73. The zero-order valence-electron chi connectivity index (χ0n) is 17.7.